The maximum absolute atomic E-state index is 12.2. The highest BCUT2D eigenvalue weighted by atomic mass is 16.6. The van der Waals surface area contributed by atoms with Gasteiger partial charge < -0.3 is 9.47 Å². The summed E-state index contributed by atoms with van der Waals surface area (Å²) in [4.78, 5) is 24.4. The van der Waals surface area contributed by atoms with Gasteiger partial charge in [0, 0.05) is 0 Å². The van der Waals surface area contributed by atoms with E-state index in [-0.39, 0.29) is 30.1 Å². The van der Waals surface area contributed by atoms with Gasteiger partial charge in [-0.1, -0.05) is 33.3 Å². The first-order valence-electron chi connectivity index (χ1n) is 8.88. The Labute approximate surface area is 139 Å². The molecule has 0 aromatic rings. The van der Waals surface area contributed by atoms with Crippen molar-refractivity contribution in [2.45, 2.75) is 53.9 Å². The number of hydrogen-bond donors (Lipinski definition) is 0. The van der Waals surface area contributed by atoms with Crippen LogP contribution in [0.4, 0.5) is 0 Å². The molecule has 2 saturated carbocycles. The molecular weight excluding hydrogens is 292 g/mol. The van der Waals surface area contributed by atoms with Crippen molar-refractivity contribution in [2.75, 3.05) is 13.2 Å². The molecule has 0 aromatic heterocycles. The Kier molecular flexibility index (Phi) is 5.53. The van der Waals surface area contributed by atoms with Crippen LogP contribution in [0.25, 0.3) is 0 Å². The van der Waals surface area contributed by atoms with Crippen LogP contribution in [0.3, 0.4) is 0 Å². The first-order valence-corrected chi connectivity index (χ1v) is 8.88. The molecule has 23 heavy (non-hydrogen) atoms. The zero-order valence-electron chi connectivity index (χ0n) is 15.1. The second-order valence-corrected chi connectivity index (χ2v) is 7.56. The summed E-state index contributed by atoms with van der Waals surface area (Å²) in [6.07, 6.45) is 5.55. The average molecular weight is 322 g/mol. The van der Waals surface area contributed by atoms with Crippen LogP contribution in [0.5, 0.6) is 0 Å². The first-order chi connectivity index (χ1) is 10.8. The van der Waals surface area contributed by atoms with Crippen LogP contribution >= 0.6 is 0 Å². The summed E-state index contributed by atoms with van der Waals surface area (Å²) in [5, 5.41) is 0. The van der Waals surface area contributed by atoms with Crippen molar-refractivity contribution in [1.29, 1.82) is 0 Å². The number of ether oxygens (including phenoxy) is 2. The van der Waals surface area contributed by atoms with Gasteiger partial charge in [-0.25, -0.2) is 9.59 Å². The molecule has 4 nitrogen and oxygen atoms in total. The summed E-state index contributed by atoms with van der Waals surface area (Å²) in [7, 11) is 0. The van der Waals surface area contributed by atoms with E-state index in [9.17, 15) is 9.59 Å². The smallest absolute Gasteiger partial charge is 0.345 e. The van der Waals surface area contributed by atoms with Crippen LogP contribution in [-0.4, -0.2) is 25.2 Å². The van der Waals surface area contributed by atoms with Crippen LogP contribution in [0.15, 0.2) is 11.6 Å². The Balaban J connectivity index is 2.26. The molecule has 0 bridgehead atoms. The quantitative estimate of drug-likeness (QED) is 0.335. The molecule has 2 aliphatic carbocycles. The largest absolute Gasteiger partial charge is 0.462 e. The molecule has 0 saturated heterocycles. The van der Waals surface area contributed by atoms with E-state index < -0.39 is 11.9 Å². The van der Waals surface area contributed by atoms with E-state index in [4.69, 9.17) is 9.47 Å². The molecule has 4 atom stereocenters. The molecule has 2 aliphatic rings. The van der Waals surface area contributed by atoms with Gasteiger partial charge in [-0.15, -0.1) is 0 Å². The third-order valence-corrected chi connectivity index (χ3v) is 5.77. The van der Waals surface area contributed by atoms with E-state index in [1.165, 1.54) is 19.3 Å². The van der Waals surface area contributed by atoms with Gasteiger partial charge in [-0.3, -0.25) is 0 Å². The highest BCUT2D eigenvalue weighted by molar-refractivity contribution is 6.14. The Hall–Kier alpha value is -1.32. The number of carbonyl (C=O) groups is 2. The molecular formula is C19H30O4. The van der Waals surface area contributed by atoms with Crippen molar-refractivity contribution in [1.82, 2.24) is 0 Å². The second-order valence-electron chi connectivity index (χ2n) is 7.56. The summed E-state index contributed by atoms with van der Waals surface area (Å²) in [6, 6.07) is 0. The summed E-state index contributed by atoms with van der Waals surface area (Å²) in [5.74, 6) is 1.08. The molecule has 0 radical (unpaired) electrons. The van der Waals surface area contributed by atoms with E-state index in [0.29, 0.717) is 11.8 Å². The van der Waals surface area contributed by atoms with E-state index in [1.807, 2.05) is 6.08 Å². The Morgan fingerprint density at radius 2 is 1.65 bits per heavy atom. The van der Waals surface area contributed by atoms with Crippen molar-refractivity contribution in [3.63, 3.8) is 0 Å². The van der Waals surface area contributed by atoms with Crippen molar-refractivity contribution in [3.8, 4) is 0 Å². The lowest BCUT2D eigenvalue weighted by molar-refractivity contribution is -0.147. The molecule has 0 heterocycles. The number of fused-ring (bicyclic) bond motifs is 1. The fourth-order valence-electron chi connectivity index (χ4n) is 4.58. The lowest BCUT2D eigenvalue weighted by atomic mass is 9.43. The van der Waals surface area contributed by atoms with Crippen molar-refractivity contribution in [2.24, 2.45) is 29.1 Å². The van der Waals surface area contributed by atoms with E-state index in [1.54, 1.807) is 13.8 Å². The molecule has 0 spiro atoms. The lowest BCUT2D eigenvalue weighted by Gasteiger charge is -2.61. The van der Waals surface area contributed by atoms with Gasteiger partial charge in [0.25, 0.3) is 0 Å². The second kappa shape index (κ2) is 7.06. The molecule has 4 heteroatoms. The fourth-order valence-corrected chi connectivity index (χ4v) is 4.58. The molecule has 2 rings (SSSR count). The fraction of sp³-hybridized carbons (Fsp3) is 0.789. The average Bonchev–Trinajstić information content (AvgIpc) is 2.47. The molecule has 0 N–H and O–H groups in total. The van der Waals surface area contributed by atoms with E-state index >= 15 is 0 Å². The zero-order chi connectivity index (χ0) is 17.2. The molecule has 0 amide bonds. The highest BCUT2D eigenvalue weighted by Gasteiger charge is 2.56. The third-order valence-electron chi connectivity index (χ3n) is 5.77. The minimum atomic E-state index is -0.561. The Morgan fingerprint density at radius 3 is 2.17 bits per heavy atom. The first kappa shape index (κ1) is 18.0. The highest BCUT2D eigenvalue weighted by Crippen LogP contribution is 2.62. The van der Waals surface area contributed by atoms with Crippen LogP contribution in [0, 0.1) is 29.1 Å². The van der Waals surface area contributed by atoms with Crippen LogP contribution in [0.1, 0.15) is 53.9 Å². The molecule has 0 unspecified atom stereocenters. The third kappa shape index (κ3) is 3.46. The predicted molar refractivity (Wildman–Crippen MR) is 88.6 cm³/mol. The maximum atomic E-state index is 12.2. The van der Waals surface area contributed by atoms with E-state index in [2.05, 4.69) is 20.8 Å². The summed E-state index contributed by atoms with van der Waals surface area (Å²) in [5.41, 5.74) is 0.193. The van der Waals surface area contributed by atoms with Crippen molar-refractivity contribution >= 4 is 11.9 Å². The van der Waals surface area contributed by atoms with Crippen molar-refractivity contribution < 1.29 is 19.1 Å². The van der Waals surface area contributed by atoms with Crippen molar-refractivity contribution in [3.05, 3.63) is 11.6 Å². The van der Waals surface area contributed by atoms with Gasteiger partial charge in [-0.05, 0) is 55.8 Å². The SMILES string of the molecule is CCOC(=O)C(=C[C@H]1[C@@H]2C[C@@H](C)CC[C@@H]2C1(C)C)C(=O)OCC. The predicted octanol–water partition coefficient (Wildman–Crippen LogP) is 3.75. The summed E-state index contributed by atoms with van der Waals surface area (Å²) in [6.45, 7) is 10.8. The van der Waals surface area contributed by atoms with Gasteiger partial charge in [0.15, 0.2) is 0 Å². The van der Waals surface area contributed by atoms with Crippen LogP contribution < -0.4 is 0 Å². The minimum Gasteiger partial charge on any atom is -0.462 e. The van der Waals surface area contributed by atoms with Gasteiger partial charge in [-0.2, -0.15) is 0 Å². The number of rotatable bonds is 5. The molecule has 0 aromatic carbocycles. The maximum Gasteiger partial charge on any atom is 0.345 e. The van der Waals surface area contributed by atoms with Gasteiger partial charge in [0.1, 0.15) is 5.57 Å². The van der Waals surface area contributed by atoms with Gasteiger partial charge >= 0.3 is 11.9 Å². The normalized spacial score (nSPS) is 31.3. The standard InChI is InChI=1S/C19H30O4/c1-6-22-17(20)14(18(21)23-7-2)11-16-13-10-12(3)8-9-15(13)19(16,4)5/h11-13,15-16H,6-10H2,1-5H3/t12-,13+,15-,16-/m0/s1. The lowest BCUT2D eigenvalue weighted by Crippen LogP contribution is -2.55. The topological polar surface area (TPSA) is 52.6 Å². The molecule has 130 valence electrons. The van der Waals surface area contributed by atoms with Crippen LogP contribution in [-0.2, 0) is 19.1 Å². The molecule has 2 fully saturated rings. The number of hydrogen-bond acceptors (Lipinski definition) is 4. The van der Waals surface area contributed by atoms with Gasteiger partial charge in [0.2, 0.25) is 0 Å². The minimum absolute atomic E-state index is 0.0726. The Bertz CT molecular complexity index is 472. The number of esters is 2. The van der Waals surface area contributed by atoms with E-state index in [0.717, 1.165) is 5.92 Å². The zero-order valence-corrected chi connectivity index (χ0v) is 15.1. The monoisotopic (exact) mass is 322 g/mol. The van der Waals surface area contributed by atoms with Gasteiger partial charge in [0.05, 0.1) is 13.2 Å². The molecule has 0 aliphatic heterocycles. The Morgan fingerprint density at radius 1 is 1.09 bits per heavy atom. The van der Waals surface area contributed by atoms with Crippen LogP contribution in [0.2, 0.25) is 0 Å². The summed E-state index contributed by atoms with van der Waals surface area (Å²) < 4.78 is 10.1. The summed E-state index contributed by atoms with van der Waals surface area (Å²) >= 11 is 0. The number of allylic oxidation sites excluding steroid dienone is 1. The number of carbonyl (C=O) groups excluding carboxylic acids is 2.